The fourth-order valence-corrected chi connectivity index (χ4v) is 2.38. The molecule has 0 aliphatic rings. The van der Waals surface area contributed by atoms with E-state index in [9.17, 15) is 8.78 Å². The van der Waals surface area contributed by atoms with Crippen molar-refractivity contribution in [1.82, 2.24) is 15.2 Å². The predicted molar refractivity (Wildman–Crippen MR) is 93.1 cm³/mol. The lowest BCUT2D eigenvalue weighted by Gasteiger charge is -2.08. The van der Waals surface area contributed by atoms with E-state index in [4.69, 9.17) is 11.6 Å². The molecule has 0 unspecified atom stereocenters. The molecule has 0 atom stereocenters. The van der Waals surface area contributed by atoms with Gasteiger partial charge in [-0.2, -0.15) is 10.1 Å². The molecule has 1 heterocycles. The van der Waals surface area contributed by atoms with Gasteiger partial charge in [0.15, 0.2) is 17.5 Å². The van der Waals surface area contributed by atoms with E-state index in [1.165, 1.54) is 12.3 Å². The third kappa shape index (κ3) is 4.84. The Labute approximate surface area is 148 Å². The van der Waals surface area contributed by atoms with E-state index in [2.05, 4.69) is 25.8 Å². The molecule has 3 rings (SSSR count). The molecule has 128 valence electrons. The smallest absolute Gasteiger partial charge is 0.244 e. The van der Waals surface area contributed by atoms with Crippen LogP contribution in [0.4, 0.5) is 26.2 Å². The molecular formula is C17H14ClF2N5. The van der Waals surface area contributed by atoms with E-state index in [1.54, 1.807) is 0 Å². The zero-order valence-electron chi connectivity index (χ0n) is 13.0. The van der Waals surface area contributed by atoms with Crippen molar-refractivity contribution in [1.29, 1.82) is 0 Å². The Morgan fingerprint density at radius 2 is 1.92 bits per heavy atom. The molecule has 2 aromatic carbocycles. The SMILES string of the molecule is Fc1ccc(Nc2cnnc(NCCc3cccc(Cl)c3)n2)cc1F. The molecule has 0 fully saturated rings. The highest BCUT2D eigenvalue weighted by molar-refractivity contribution is 6.30. The van der Waals surface area contributed by atoms with Crippen molar-refractivity contribution in [2.24, 2.45) is 0 Å². The van der Waals surface area contributed by atoms with Crippen molar-refractivity contribution in [3.8, 4) is 0 Å². The van der Waals surface area contributed by atoms with Gasteiger partial charge in [0, 0.05) is 23.3 Å². The standard InChI is InChI=1S/C17H14ClF2N5/c18-12-3-1-2-11(8-12)6-7-21-17-24-16(10-22-25-17)23-13-4-5-14(19)15(20)9-13/h1-5,8-10H,6-7H2,(H2,21,23,24,25). The first kappa shape index (κ1) is 17.0. The summed E-state index contributed by atoms with van der Waals surface area (Å²) >= 11 is 5.95. The van der Waals surface area contributed by atoms with Crippen LogP contribution in [0.2, 0.25) is 5.02 Å². The molecule has 0 saturated heterocycles. The summed E-state index contributed by atoms with van der Waals surface area (Å²) in [5.41, 5.74) is 1.45. The van der Waals surface area contributed by atoms with Crippen molar-refractivity contribution in [2.45, 2.75) is 6.42 Å². The lowest BCUT2D eigenvalue weighted by atomic mass is 10.1. The normalized spacial score (nSPS) is 10.5. The second-order valence-electron chi connectivity index (χ2n) is 5.23. The number of hydrogen-bond donors (Lipinski definition) is 2. The highest BCUT2D eigenvalue weighted by Gasteiger charge is 2.05. The van der Waals surface area contributed by atoms with Gasteiger partial charge in [-0.25, -0.2) is 8.78 Å². The van der Waals surface area contributed by atoms with Crippen LogP contribution in [-0.4, -0.2) is 21.7 Å². The number of hydrogen-bond acceptors (Lipinski definition) is 5. The molecule has 0 bridgehead atoms. The minimum Gasteiger partial charge on any atom is -0.353 e. The maximum Gasteiger partial charge on any atom is 0.244 e. The van der Waals surface area contributed by atoms with Gasteiger partial charge < -0.3 is 10.6 Å². The van der Waals surface area contributed by atoms with Crippen LogP contribution in [0.25, 0.3) is 0 Å². The Balaban J connectivity index is 1.60. The Morgan fingerprint density at radius 1 is 1.04 bits per heavy atom. The monoisotopic (exact) mass is 361 g/mol. The third-order valence-electron chi connectivity index (χ3n) is 3.34. The summed E-state index contributed by atoms with van der Waals surface area (Å²) in [4.78, 5) is 4.23. The molecule has 25 heavy (non-hydrogen) atoms. The fourth-order valence-electron chi connectivity index (χ4n) is 2.17. The second-order valence-corrected chi connectivity index (χ2v) is 5.66. The van der Waals surface area contributed by atoms with Crippen LogP contribution < -0.4 is 10.6 Å². The first-order chi connectivity index (χ1) is 12.1. The van der Waals surface area contributed by atoms with Crippen molar-refractivity contribution < 1.29 is 8.78 Å². The number of halogens is 3. The molecular weight excluding hydrogens is 348 g/mol. The van der Waals surface area contributed by atoms with Crippen LogP contribution in [0, 0.1) is 11.6 Å². The summed E-state index contributed by atoms with van der Waals surface area (Å²) in [5.74, 6) is -1.15. The number of aromatic nitrogens is 3. The van der Waals surface area contributed by atoms with Crippen molar-refractivity contribution in [3.05, 3.63) is 70.9 Å². The Kier molecular flexibility index (Phi) is 5.35. The molecule has 0 saturated carbocycles. The Bertz CT molecular complexity index is 875. The fraction of sp³-hybridized carbons (Fsp3) is 0.118. The van der Waals surface area contributed by atoms with E-state index in [0.717, 1.165) is 24.1 Å². The van der Waals surface area contributed by atoms with Gasteiger partial charge in [-0.05, 0) is 36.2 Å². The first-order valence-corrected chi connectivity index (χ1v) is 7.88. The van der Waals surface area contributed by atoms with E-state index < -0.39 is 11.6 Å². The third-order valence-corrected chi connectivity index (χ3v) is 3.57. The molecule has 0 radical (unpaired) electrons. The quantitative estimate of drug-likeness (QED) is 0.689. The number of benzene rings is 2. The number of rotatable bonds is 6. The second kappa shape index (κ2) is 7.85. The van der Waals surface area contributed by atoms with Crippen LogP contribution >= 0.6 is 11.6 Å². The summed E-state index contributed by atoms with van der Waals surface area (Å²) in [6.07, 6.45) is 2.13. The Morgan fingerprint density at radius 3 is 2.72 bits per heavy atom. The van der Waals surface area contributed by atoms with Crippen molar-refractivity contribution >= 4 is 29.1 Å². The Hall–Kier alpha value is -2.80. The first-order valence-electron chi connectivity index (χ1n) is 7.50. The van der Waals surface area contributed by atoms with Crippen LogP contribution in [-0.2, 0) is 6.42 Å². The van der Waals surface area contributed by atoms with Crippen molar-refractivity contribution in [3.63, 3.8) is 0 Å². The summed E-state index contributed by atoms with van der Waals surface area (Å²) in [7, 11) is 0. The van der Waals surface area contributed by atoms with Gasteiger partial charge in [-0.1, -0.05) is 23.7 Å². The molecule has 2 N–H and O–H groups in total. The molecule has 0 aliphatic heterocycles. The van der Waals surface area contributed by atoms with E-state index in [-0.39, 0.29) is 0 Å². The molecule has 1 aromatic heterocycles. The van der Waals surface area contributed by atoms with Crippen LogP contribution in [0.15, 0.2) is 48.7 Å². The molecule has 0 aliphatic carbocycles. The number of anilines is 3. The maximum absolute atomic E-state index is 13.2. The van der Waals surface area contributed by atoms with E-state index >= 15 is 0 Å². The number of nitrogens with one attached hydrogen (secondary N) is 2. The summed E-state index contributed by atoms with van der Waals surface area (Å²) < 4.78 is 26.2. The van der Waals surface area contributed by atoms with Crippen LogP contribution in [0.3, 0.4) is 0 Å². The van der Waals surface area contributed by atoms with Gasteiger partial charge >= 0.3 is 0 Å². The molecule has 3 aromatic rings. The van der Waals surface area contributed by atoms with E-state index in [1.807, 2.05) is 24.3 Å². The van der Waals surface area contributed by atoms with Crippen LogP contribution in [0.1, 0.15) is 5.56 Å². The maximum atomic E-state index is 13.2. The average molecular weight is 362 g/mol. The van der Waals surface area contributed by atoms with Gasteiger partial charge in [0.1, 0.15) is 0 Å². The van der Waals surface area contributed by atoms with Gasteiger partial charge in [0.05, 0.1) is 6.20 Å². The van der Waals surface area contributed by atoms with Gasteiger partial charge in [0.25, 0.3) is 0 Å². The van der Waals surface area contributed by atoms with Gasteiger partial charge in [-0.3, -0.25) is 0 Å². The predicted octanol–water partition coefficient (Wildman–Crippen LogP) is 4.20. The molecule has 0 amide bonds. The van der Waals surface area contributed by atoms with Crippen LogP contribution in [0.5, 0.6) is 0 Å². The molecule has 8 heteroatoms. The van der Waals surface area contributed by atoms with Gasteiger partial charge in [-0.15, -0.1) is 5.10 Å². The molecule has 5 nitrogen and oxygen atoms in total. The summed E-state index contributed by atoms with van der Waals surface area (Å²) in [6, 6.07) is 11.1. The summed E-state index contributed by atoms with van der Waals surface area (Å²) in [6.45, 7) is 0.594. The zero-order valence-corrected chi connectivity index (χ0v) is 13.8. The minimum atomic E-state index is -0.938. The minimum absolute atomic E-state index is 0.328. The van der Waals surface area contributed by atoms with Crippen molar-refractivity contribution in [2.75, 3.05) is 17.2 Å². The number of nitrogens with zero attached hydrogens (tertiary/aromatic N) is 3. The lowest BCUT2D eigenvalue weighted by molar-refractivity contribution is 0.509. The highest BCUT2D eigenvalue weighted by Crippen LogP contribution is 2.17. The highest BCUT2D eigenvalue weighted by atomic mass is 35.5. The van der Waals surface area contributed by atoms with Gasteiger partial charge in [0.2, 0.25) is 5.95 Å². The summed E-state index contributed by atoms with van der Waals surface area (Å²) in [5, 5.41) is 14.3. The topological polar surface area (TPSA) is 62.7 Å². The van der Waals surface area contributed by atoms with E-state index in [0.29, 0.717) is 29.0 Å². The largest absolute Gasteiger partial charge is 0.353 e. The average Bonchev–Trinajstić information content (AvgIpc) is 2.59. The molecule has 0 spiro atoms. The lowest BCUT2D eigenvalue weighted by Crippen LogP contribution is -2.09. The zero-order chi connectivity index (χ0) is 17.6.